The smallest absolute Gasteiger partial charge is 0.355 e. The quantitative estimate of drug-likeness (QED) is 0.255. The van der Waals surface area contributed by atoms with Gasteiger partial charge >= 0.3 is 5.97 Å². The lowest BCUT2D eigenvalue weighted by Gasteiger charge is -2.28. The van der Waals surface area contributed by atoms with Crippen LogP contribution in [-0.4, -0.2) is 11.6 Å². The van der Waals surface area contributed by atoms with Crippen molar-refractivity contribution >= 4 is 5.97 Å². The van der Waals surface area contributed by atoms with Crippen LogP contribution in [-0.2, 0) is 14.9 Å². The summed E-state index contributed by atoms with van der Waals surface area (Å²) in [6.07, 6.45) is 8.86. The topological polar surface area (TPSA) is 35.5 Å². The van der Waals surface area contributed by atoms with Gasteiger partial charge in [0.05, 0.1) is 0 Å². The lowest BCUT2D eigenvalue weighted by atomic mass is 9.77. The van der Waals surface area contributed by atoms with Crippen LogP contribution in [0.4, 0.5) is 0 Å². The molecule has 1 aromatic carbocycles. The molecule has 3 nitrogen and oxygen atoms in total. The SMILES string of the molecule is C=C/C=C(\C=C)C(C)(C)c1ccc(OC(C)(C)C(=O)OC(=C)/C=C\C(=C)C)cc1. The highest BCUT2D eigenvalue weighted by Gasteiger charge is 2.32. The monoisotopic (exact) mass is 392 g/mol. The molecule has 0 aliphatic carbocycles. The summed E-state index contributed by atoms with van der Waals surface area (Å²) in [6, 6.07) is 7.64. The standard InChI is InChI=1S/C26H32O3/c1-10-12-21(11-2)25(6,7)22-15-17-23(18-16-22)29-26(8,9)24(27)28-20(5)14-13-19(3)4/h10-18H,1-3,5H2,4,6-9H3/b14-13-,21-12+. The van der Waals surface area contributed by atoms with E-state index in [1.54, 1.807) is 32.1 Å². The first-order valence-electron chi connectivity index (χ1n) is 9.44. The van der Waals surface area contributed by atoms with Gasteiger partial charge in [0.25, 0.3) is 0 Å². The van der Waals surface area contributed by atoms with E-state index in [9.17, 15) is 4.79 Å². The average molecular weight is 393 g/mol. The van der Waals surface area contributed by atoms with Gasteiger partial charge in [0.1, 0.15) is 11.5 Å². The summed E-state index contributed by atoms with van der Waals surface area (Å²) in [5.74, 6) is 0.279. The third kappa shape index (κ3) is 6.79. The first kappa shape index (κ1) is 24.0. The zero-order valence-corrected chi connectivity index (χ0v) is 18.2. The van der Waals surface area contributed by atoms with Gasteiger partial charge in [-0.2, -0.15) is 0 Å². The molecule has 3 heteroatoms. The molecule has 1 aromatic rings. The summed E-state index contributed by atoms with van der Waals surface area (Å²) < 4.78 is 11.2. The van der Waals surface area contributed by atoms with Gasteiger partial charge in [0.2, 0.25) is 5.60 Å². The van der Waals surface area contributed by atoms with Gasteiger partial charge in [-0.1, -0.05) is 82.2 Å². The molecule has 1 rings (SSSR count). The van der Waals surface area contributed by atoms with Crippen LogP contribution < -0.4 is 4.74 Å². The van der Waals surface area contributed by atoms with Crippen LogP contribution in [0.15, 0.2) is 97.9 Å². The zero-order valence-electron chi connectivity index (χ0n) is 18.2. The lowest BCUT2D eigenvalue weighted by molar-refractivity contribution is -0.154. The van der Waals surface area contributed by atoms with Crippen molar-refractivity contribution in [3.8, 4) is 5.75 Å². The Kier molecular flexibility index (Phi) is 8.20. The predicted molar refractivity (Wildman–Crippen MR) is 122 cm³/mol. The Morgan fingerprint density at radius 1 is 1.00 bits per heavy atom. The van der Waals surface area contributed by atoms with Crippen LogP contribution in [0.3, 0.4) is 0 Å². The Hall–Kier alpha value is -3.07. The lowest BCUT2D eigenvalue weighted by Crippen LogP contribution is -2.39. The van der Waals surface area contributed by atoms with Gasteiger partial charge in [-0.25, -0.2) is 4.79 Å². The largest absolute Gasteiger partial charge is 0.476 e. The van der Waals surface area contributed by atoms with E-state index in [2.05, 4.69) is 40.2 Å². The summed E-state index contributed by atoms with van der Waals surface area (Å²) in [5, 5.41) is 0. The van der Waals surface area contributed by atoms with Gasteiger partial charge in [-0.15, -0.1) is 0 Å². The summed E-state index contributed by atoms with van der Waals surface area (Å²) in [4.78, 5) is 12.5. The molecule has 0 fully saturated rings. The van der Waals surface area contributed by atoms with E-state index >= 15 is 0 Å². The predicted octanol–water partition coefficient (Wildman–Crippen LogP) is 6.61. The number of carbonyl (C=O) groups is 1. The van der Waals surface area contributed by atoms with Crippen LogP contribution in [0.25, 0.3) is 0 Å². The maximum atomic E-state index is 12.5. The number of carbonyl (C=O) groups excluding carboxylic acids is 1. The molecule has 0 atom stereocenters. The van der Waals surface area contributed by atoms with Crippen LogP contribution in [0.2, 0.25) is 0 Å². The third-order valence-corrected chi connectivity index (χ3v) is 4.46. The number of hydrogen-bond acceptors (Lipinski definition) is 3. The van der Waals surface area contributed by atoms with Gasteiger partial charge in [-0.3, -0.25) is 0 Å². The van der Waals surface area contributed by atoms with E-state index in [0.717, 1.165) is 16.7 Å². The Balaban J connectivity index is 2.93. The average Bonchev–Trinajstić information content (AvgIpc) is 2.64. The molecule has 0 saturated heterocycles. The number of hydrogen-bond donors (Lipinski definition) is 0. The van der Waals surface area contributed by atoms with Crippen LogP contribution in [0, 0.1) is 0 Å². The third-order valence-electron chi connectivity index (χ3n) is 4.46. The molecule has 0 spiro atoms. The molecule has 0 aromatic heterocycles. The second kappa shape index (κ2) is 9.92. The van der Waals surface area contributed by atoms with Crippen LogP contribution >= 0.6 is 0 Å². The molecule has 0 saturated carbocycles. The van der Waals surface area contributed by atoms with Gasteiger partial charge in [-0.05, 0) is 50.1 Å². The van der Waals surface area contributed by atoms with E-state index < -0.39 is 11.6 Å². The molecular weight excluding hydrogens is 360 g/mol. The van der Waals surface area contributed by atoms with E-state index in [0.29, 0.717) is 5.75 Å². The van der Waals surface area contributed by atoms with Gasteiger partial charge in [0, 0.05) is 5.41 Å². The molecule has 154 valence electrons. The highest BCUT2D eigenvalue weighted by molar-refractivity contribution is 5.80. The Labute approximate surface area is 175 Å². The number of benzene rings is 1. The van der Waals surface area contributed by atoms with Gasteiger partial charge in [0.15, 0.2) is 0 Å². The second-order valence-electron chi connectivity index (χ2n) is 7.86. The second-order valence-corrected chi connectivity index (χ2v) is 7.86. The Bertz CT molecular complexity index is 846. The molecule has 0 heterocycles. The van der Waals surface area contributed by atoms with Crippen molar-refractivity contribution in [1.82, 2.24) is 0 Å². The summed E-state index contributed by atoms with van der Waals surface area (Å²) in [5.41, 5.74) is 1.58. The van der Waals surface area contributed by atoms with Crippen molar-refractivity contribution in [2.75, 3.05) is 0 Å². The van der Waals surface area contributed by atoms with E-state index in [4.69, 9.17) is 9.47 Å². The molecule has 0 aliphatic rings. The zero-order chi connectivity index (χ0) is 22.2. The maximum absolute atomic E-state index is 12.5. The Morgan fingerprint density at radius 2 is 1.59 bits per heavy atom. The van der Waals surface area contributed by atoms with E-state index in [1.165, 1.54) is 0 Å². The minimum atomic E-state index is -1.17. The van der Waals surface area contributed by atoms with Crippen LogP contribution in [0.5, 0.6) is 5.75 Å². The van der Waals surface area contributed by atoms with Crippen molar-refractivity contribution in [1.29, 1.82) is 0 Å². The highest BCUT2D eigenvalue weighted by Crippen LogP contribution is 2.33. The van der Waals surface area contributed by atoms with Crippen molar-refractivity contribution in [2.45, 2.75) is 45.6 Å². The molecule has 0 amide bonds. The summed E-state index contributed by atoms with van der Waals surface area (Å²) in [7, 11) is 0. The molecule has 0 bridgehead atoms. The summed E-state index contributed by atoms with van der Waals surface area (Å²) >= 11 is 0. The molecular formula is C26H32O3. The van der Waals surface area contributed by atoms with E-state index in [-0.39, 0.29) is 11.2 Å². The first-order chi connectivity index (χ1) is 13.4. The van der Waals surface area contributed by atoms with Crippen molar-refractivity contribution < 1.29 is 14.3 Å². The maximum Gasteiger partial charge on any atom is 0.355 e. The number of rotatable bonds is 10. The fourth-order valence-electron chi connectivity index (χ4n) is 2.61. The van der Waals surface area contributed by atoms with Crippen molar-refractivity contribution in [3.63, 3.8) is 0 Å². The van der Waals surface area contributed by atoms with Gasteiger partial charge < -0.3 is 9.47 Å². The molecule has 0 N–H and O–H groups in total. The summed E-state index contributed by atoms with van der Waals surface area (Å²) in [6.45, 7) is 24.5. The minimum Gasteiger partial charge on any atom is -0.476 e. The minimum absolute atomic E-state index is 0.234. The van der Waals surface area contributed by atoms with Crippen molar-refractivity contribution in [2.24, 2.45) is 0 Å². The van der Waals surface area contributed by atoms with E-state index in [1.807, 2.05) is 43.3 Å². The number of ether oxygens (including phenoxy) is 2. The molecule has 0 unspecified atom stereocenters. The Morgan fingerprint density at radius 3 is 2.07 bits per heavy atom. The fraction of sp³-hybridized carbons (Fsp3) is 0.269. The molecule has 29 heavy (non-hydrogen) atoms. The molecule has 0 radical (unpaired) electrons. The normalized spacial score (nSPS) is 12.4. The fourth-order valence-corrected chi connectivity index (χ4v) is 2.61. The van der Waals surface area contributed by atoms with Crippen LogP contribution in [0.1, 0.15) is 40.2 Å². The van der Waals surface area contributed by atoms with Crippen molar-refractivity contribution in [3.05, 3.63) is 103 Å². The molecule has 0 aliphatic heterocycles. The number of esters is 1. The first-order valence-corrected chi connectivity index (χ1v) is 9.44. The number of allylic oxidation sites excluding steroid dienone is 7. The highest BCUT2D eigenvalue weighted by atomic mass is 16.6.